The summed E-state index contributed by atoms with van der Waals surface area (Å²) in [4.78, 5) is 22.7. The first-order valence-electron chi connectivity index (χ1n) is 8.94. The zero-order valence-electron chi connectivity index (χ0n) is 14.5. The Morgan fingerprint density at radius 2 is 1.88 bits per heavy atom. The van der Waals surface area contributed by atoms with Crippen molar-refractivity contribution in [3.8, 4) is 0 Å². The van der Waals surface area contributed by atoms with E-state index in [9.17, 15) is 14.7 Å². The van der Waals surface area contributed by atoms with Gasteiger partial charge >= 0.3 is 5.97 Å². The van der Waals surface area contributed by atoms with Crippen molar-refractivity contribution in [1.82, 2.24) is 0 Å². The fourth-order valence-electron chi connectivity index (χ4n) is 3.42. The lowest BCUT2D eigenvalue weighted by atomic mass is 9.88. The number of unbranched alkanes of at least 4 members (excludes halogenated alkanes) is 3. The summed E-state index contributed by atoms with van der Waals surface area (Å²) < 4.78 is 0. The van der Waals surface area contributed by atoms with Gasteiger partial charge in [0.2, 0.25) is 0 Å². The molecular weight excluding hydrogens is 375 g/mol. The molecule has 1 aromatic rings. The molecule has 0 saturated heterocycles. The molecule has 0 bridgehead atoms. The standard InChI is InChI=1S/C20H24Cl2O4/c21-16-10-8-13(11-17(16)22)7-9-15-14(18(23)12-19(15)24)5-3-1-2-4-6-20(25)26/h7-11,14-15,19,24H,1-6,12H2,(H,25,26). The smallest absolute Gasteiger partial charge is 0.303 e. The number of benzene rings is 1. The molecule has 0 radical (unpaired) electrons. The van der Waals surface area contributed by atoms with Gasteiger partial charge in [-0.2, -0.15) is 0 Å². The lowest BCUT2D eigenvalue weighted by Gasteiger charge is -2.17. The number of Topliss-reactive ketones (excluding diaryl/α,β-unsaturated/α-hetero) is 1. The Balaban J connectivity index is 1.90. The van der Waals surface area contributed by atoms with Gasteiger partial charge in [0.15, 0.2) is 0 Å². The van der Waals surface area contributed by atoms with Crippen molar-refractivity contribution in [2.24, 2.45) is 11.8 Å². The highest BCUT2D eigenvalue weighted by Gasteiger charge is 2.39. The quantitative estimate of drug-likeness (QED) is 0.573. The minimum atomic E-state index is -0.772. The highest BCUT2D eigenvalue weighted by molar-refractivity contribution is 6.42. The molecular formula is C20H24Cl2O4. The van der Waals surface area contributed by atoms with Gasteiger partial charge in [-0.05, 0) is 30.5 Å². The van der Waals surface area contributed by atoms with Gasteiger partial charge in [-0.25, -0.2) is 0 Å². The topological polar surface area (TPSA) is 74.6 Å². The monoisotopic (exact) mass is 398 g/mol. The summed E-state index contributed by atoms with van der Waals surface area (Å²) in [6, 6.07) is 5.31. The SMILES string of the molecule is O=C(O)CCCCCCC1C(=O)CC(O)C1C=Cc1ccc(Cl)c(Cl)c1. The Kier molecular flexibility index (Phi) is 8.14. The average Bonchev–Trinajstić information content (AvgIpc) is 2.85. The van der Waals surface area contributed by atoms with E-state index >= 15 is 0 Å². The molecule has 0 aromatic heterocycles. The zero-order valence-corrected chi connectivity index (χ0v) is 16.0. The van der Waals surface area contributed by atoms with Gasteiger partial charge in [0, 0.05) is 24.7 Å². The largest absolute Gasteiger partial charge is 0.481 e. The van der Waals surface area contributed by atoms with Gasteiger partial charge in [-0.3, -0.25) is 9.59 Å². The van der Waals surface area contributed by atoms with Crippen LogP contribution in [-0.2, 0) is 9.59 Å². The molecule has 0 amide bonds. The van der Waals surface area contributed by atoms with Gasteiger partial charge < -0.3 is 10.2 Å². The van der Waals surface area contributed by atoms with Gasteiger partial charge in [-0.15, -0.1) is 0 Å². The number of hydrogen-bond donors (Lipinski definition) is 2. The first-order chi connectivity index (χ1) is 12.4. The zero-order chi connectivity index (χ0) is 19.1. The van der Waals surface area contributed by atoms with Crippen molar-refractivity contribution in [2.45, 2.75) is 51.0 Å². The molecule has 1 aliphatic rings. The molecule has 0 heterocycles. The summed E-state index contributed by atoms with van der Waals surface area (Å²) in [7, 11) is 0. The predicted octanol–water partition coefficient (Wildman–Crippen LogP) is 5.00. The lowest BCUT2D eigenvalue weighted by molar-refractivity contribution is -0.137. The highest BCUT2D eigenvalue weighted by atomic mass is 35.5. The van der Waals surface area contributed by atoms with Crippen LogP contribution in [0.3, 0.4) is 0 Å². The summed E-state index contributed by atoms with van der Waals surface area (Å²) in [6.07, 6.45) is 7.49. The second kappa shape index (κ2) is 10.1. The fourth-order valence-corrected chi connectivity index (χ4v) is 3.73. The molecule has 3 atom stereocenters. The number of carboxylic acid groups (broad SMARTS) is 1. The number of aliphatic hydroxyl groups is 1. The molecule has 142 valence electrons. The van der Waals surface area contributed by atoms with Crippen LogP contribution in [0.25, 0.3) is 6.08 Å². The second-order valence-electron chi connectivity index (χ2n) is 6.80. The van der Waals surface area contributed by atoms with Crippen molar-refractivity contribution in [3.05, 3.63) is 39.9 Å². The first-order valence-corrected chi connectivity index (χ1v) is 9.70. The number of ketones is 1. The number of carbonyl (C=O) groups excluding carboxylic acids is 1. The van der Waals surface area contributed by atoms with E-state index in [0.29, 0.717) is 16.5 Å². The Hall–Kier alpha value is -1.36. The third kappa shape index (κ3) is 6.11. The van der Waals surface area contributed by atoms with E-state index in [1.54, 1.807) is 12.1 Å². The molecule has 1 aromatic carbocycles. The number of aliphatic carboxylic acids is 1. The Labute approximate surface area is 163 Å². The second-order valence-corrected chi connectivity index (χ2v) is 7.62. The van der Waals surface area contributed by atoms with E-state index in [1.165, 1.54) is 0 Å². The van der Waals surface area contributed by atoms with E-state index in [2.05, 4.69) is 0 Å². The van der Waals surface area contributed by atoms with Crippen LogP contribution >= 0.6 is 23.2 Å². The van der Waals surface area contributed by atoms with E-state index in [-0.39, 0.29) is 30.5 Å². The van der Waals surface area contributed by atoms with Crippen LogP contribution in [0.2, 0.25) is 10.0 Å². The molecule has 6 heteroatoms. The van der Waals surface area contributed by atoms with E-state index in [4.69, 9.17) is 28.3 Å². The van der Waals surface area contributed by atoms with Crippen LogP contribution in [0.4, 0.5) is 0 Å². The number of carboxylic acids is 1. The minimum Gasteiger partial charge on any atom is -0.481 e. The van der Waals surface area contributed by atoms with Gasteiger partial charge in [0.05, 0.1) is 16.1 Å². The molecule has 0 spiro atoms. The predicted molar refractivity (Wildman–Crippen MR) is 103 cm³/mol. The van der Waals surface area contributed by atoms with Crippen LogP contribution in [-0.4, -0.2) is 28.1 Å². The summed E-state index contributed by atoms with van der Waals surface area (Å²) in [5.74, 6) is -1.04. The van der Waals surface area contributed by atoms with Gasteiger partial charge in [0.1, 0.15) is 5.78 Å². The third-order valence-corrected chi connectivity index (χ3v) is 5.58. The van der Waals surface area contributed by atoms with Crippen LogP contribution in [0.15, 0.2) is 24.3 Å². The Morgan fingerprint density at radius 3 is 2.58 bits per heavy atom. The molecule has 0 aliphatic heterocycles. The normalized spacial score (nSPS) is 23.0. The van der Waals surface area contributed by atoms with Gasteiger partial charge in [-0.1, -0.05) is 60.7 Å². The molecule has 1 saturated carbocycles. The fraction of sp³-hybridized carbons (Fsp3) is 0.500. The van der Waals surface area contributed by atoms with Crippen molar-refractivity contribution in [2.75, 3.05) is 0 Å². The first kappa shape index (κ1) is 20.9. The number of rotatable bonds is 9. The molecule has 2 N–H and O–H groups in total. The average molecular weight is 399 g/mol. The van der Waals surface area contributed by atoms with Crippen LogP contribution < -0.4 is 0 Å². The lowest BCUT2D eigenvalue weighted by Crippen LogP contribution is -2.18. The summed E-state index contributed by atoms with van der Waals surface area (Å²) in [5.41, 5.74) is 0.873. The number of hydrogen-bond acceptors (Lipinski definition) is 3. The molecule has 1 fully saturated rings. The molecule has 26 heavy (non-hydrogen) atoms. The van der Waals surface area contributed by atoms with Crippen LogP contribution in [0.5, 0.6) is 0 Å². The number of halogens is 2. The summed E-state index contributed by atoms with van der Waals surface area (Å²) in [6.45, 7) is 0. The van der Waals surface area contributed by atoms with Gasteiger partial charge in [0.25, 0.3) is 0 Å². The number of carbonyl (C=O) groups is 2. The van der Waals surface area contributed by atoms with E-state index in [1.807, 2.05) is 18.2 Å². The van der Waals surface area contributed by atoms with Crippen LogP contribution in [0.1, 0.15) is 50.5 Å². The maximum Gasteiger partial charge on any atom is 0.303 e. The Morgan fingerprint density at radius 1 is 1.15 bits per heavy atom. The van der Waals surface area contributed by atoms with Crippen molar-refractivity contribution < 1.29 is 19.8 Å². The van der Waals surface area contributed by atoms with Crippen molar-refractivity contribution >= 4 is 41.0 Å². The highest BCUT2D eigenvalue weighted by Crippen LogP contribution is 2.35. The van der Waals surface area contributed by atoms with Crippen LogP contribution in [0, 0.1) is 11.8 Å². The molecule has 3 unspecified atom stereocenters. The maximum atomic E-state index is 12.2. The molecule has 4 nitrogen and oxygen atoms in total. The number of aliphatic hydroxyl groups excluding tert-OH is 1. The maximum absolute atomic E-state index is 12.2. The molecule has 2 rings (SSSR count). The minimum absolute atomic E-state index is 0.104. The van der Waals surface area contributed by atoms with Crippen molar-refractivity contribution in [1.29, 1.82) is 0 Å². The third-order valence-electron chi connectivity index (χ3n) is 4.84. The van der Waals surface area contributed by atoms with E-state index in [0.717, 1.165) is 31.2 Å². The van der Waals surface area contributed by atoms with Crippen molar-refractivity contribution in [3.63, 3.8) is 0 Å². The Bertz CT molecular complexity index is 672. The summed E-state index contributed by atoms with van der Waals surface area (Å²) >= 11 is 11.9. The van der Waals surface area contributed by atoms with E-state index < -0.39 is 12.1 Å². The molecule has 1 aliphatic carbocycles. The summed E-state index contributed by atoms with van der Waals surface area (Å²) in [5, 5.41) is 19.8.